The Balaban J connectivity index is 1.93. The zero-order chi connectivity index (χ0) is 21.8. The Labute approximate surface area is 191 Å². The van der Waals surface area contributed by atoms with Gasteiger partial charge >= 0.3 is 5.97 Å². The molecule has 0 unspecified atom stereocenters. The number of rotatable bonds is 6. The van der Waals surface area contributed by atoms with Crippen molar-refractivity contribution in [1.82, 2.24) is 4.90 Å². The van der Waals surface area contributed by atoms with Crippen LogP contribution in [-0.4, -0.2) is 47.8 Å². The molecule has 2 aromatic rings. The highest BCUT2D eigenvalue weighted by Gasteiger charge is 2.30. The summed E-state index contributed by atoms with van der Waals surface area (Å²) in [5, 5.41) is 9.62. The molecule has 30 heavy (non-hydrogen) atoms. The van der Waals surface area contributed by atoms with Gasteiger partial charge in [-0.3, -0.25) is 9.69 Å². The van der Waals surface area contributed by atoms with Crippen LogP contribution >= 0.6 is 34.4 Å². The molecule has 9 heteroatoms. The molecule has 0 aromatic heterocycles. The van der Waals surface area contributed by atoms with Crippen LogP contribution in [0.25, 0.3) is 6.08 Å². The number of thioether (sulfide) groups is 1. The van der Waals surface area contributed by atoms with Crippen LogP contribution < -0.4 is 9.47 Å². The number of hydrogen-bond donors (Lipinski definition) is 1. The summed E-state index contributed by atoms with van der Waals surface area (Å²) in [7, 11) is 3.23. The number of ether oxygens (including phenoxy) is 2. The maximum absolute atomic E-state index is 12.7. The highest BCUT2D eigenvalue weighted by molar-refractivity contribution is 14.1. The minimum atomic E-state index is -1.03. The van der Waals surface area contributed by atoms with Crippen LogP contribution in [0, 0.1) is 3.57 Å². The van der Waals surface area contributed by atoms with Gasteiger partial charge < -0.3 is 14.6 Å². The summed E-state index contributed by atoms with van der Waals surface area (Å²) < 4.78 is 11.9. The highest BCUT2D eigenvalue weighted by Crippen LogP contribution is 2.37. The van der Waals surface area contributed by atoms with Crippen molar-refractivity contribution >= 4 is 63.2 Å². The molecule has 0 radical (unpaired) electrons. The predicted molar refractivity (Wildman–Crippen MR) is 126 cm³/mol. The summed E-state index contributed by atoms with van der Waals surface area (Å²) in [6, 6.07) is 10.0. The third-order valence-corrected chi connectivity index (χ3v) is 6.02. The van der Waals surface area contributed by atoms with Gasteiger partial charge in [-0.15, -0.1) is 0 Å². The molecule has 1 amide bonds. The van der Waals surface area contributed by atoms with E-state index in [4.69, 9.17) is 14.6 Å². The second-order valence-corrected chi connectivity index (χ2v) is 8.36. The number of nitrogens with zero attached hydrogens (tertiary/aromatic N) is 2. The van der Waals surface area contributed by atoms with Crippen LogP contribution in [0.1, 0.15) is 22.8 Å². The lowest BCUT2D eigenvalue weighted by atomic mass is 10.2. The summed E-state index contributed by atoms with van der Waals surface area (Å²) in [6.45, 7) is 2.39. The first-order chi connectivity index (χ1) is 14.3. The first-order valence-electron chi connectivity index (χ1n) is 8.94. The van der Waals surface area contributed by atoms with Crippen molar-refractivity contribution in [3.05, 3.63) is 56.0 Å². The molecule has 0 saturated carbocycles. The monoisotopic (exact) mass is 538 g/mol. The fourth-order valence-electron chi connectivity index (χ4n) is 2.75. The Kier molecular flexibility index (Phi) is 7.03. The summed E-state index contributed by atoms with van der Waals surface area (Å²) in [5.74, 6) is 0.0573. The number of carbonyl (C=O) groups excluding carboxylic acids is 1. The fraction of sp³-hybridized carbons (Fsp3) is 0.190. The first kappa shape index (κ1) is 22.2. The third-order valence-electron chi connectivity index (χ3n) is 4.16. The molecule has 1 aliphatic rings. The van der Waals surface area contributed by atoms with E-state index in [0.29, 0.717) is 33.9 Å². The van der Waals surface area contributed by atoms with E-state index in [1.165, 1.54) is 28.8 Å². The molecular formula is C21H19IN2O5S. The largest absolute Gasteiger partial charge is 0.492 e. The Morgan fingerprint density at radius 1 is 1.33 bits per heavy atom. The number of methoxy groups -OCH3 is 1. The lowest BCUT2D eigenvalue weighted by Gasteiger charge is -2.12. The highest BCUT2D eigenvalue weighted by atomic mass is 127. The molecule has 0 bridgehead atoms. The number of carboxylic acid groups (broad SMARTS) is 1. The topological polar surface area (TPSA) is 88.4 Å². The van der Waals surface area contributed by atoms with E-state index in [9.17, 15) is 9.59 Å². The van der Waals surface area contributed by atoms with E-state index in [1.807, 2.05) is 19.1 Å². The van der Waals surface area contributed by atoms with Crippen LogP contribution in [0.2, 0.25) is 0 Å². The zero-order valence-corrected chi connectivity index (χ0v) is 19.5. The van der Waals surface area contributed by atoms with Crippen molar-refractivity contribution in [1.29, 1.82) is 0 Å². The number of amidine groups is 1. The average Bonchev–Trinajstić information content (AvgIpc) is 2.96. The second kappa shape index (κ2) is 9.52. The molecule has 7 nitrogen and oxygen atoms in total. The maximum atomic E-state index is 12.7. The van der Waals surface area contributed by atoms with Crippen LogP contribution in [0.4, 0.5) is 5.69 Å². The van der Waals surface area contributed by atoms with Crippen LogP contribution in [0.3, 0.4) is 0 Å². The number of carboxylic acids is 1. The predicted octanol–water partition coefficient (Wildman–Crippen LogP) is 4.63. The van der Waals surface area contributed by atoms with Crippen LogP contribution in [0.15, 0.2) is 46.3 Å². The number of hydrogen-bond acceptors (Lipinski definition) is 6. The second-order valence-electron chi connectivity index (χ2n) is 6.19. The molecule has 156 valence electrons. The number of benzene rings is 2. The van der Waals surface area contributed by atoms with Crippen molar-refractivity contribution in [2.24, 2.45) is 4.99 Å². The maximum Gasteiger partial charge on any atom is 0.335 e. The average molecular weight is 538 g/mol. The lowest BCUT2D eigenvalue weighted by Crippen LogP contribution is -2.23. The van der Waals surface area contributed by atoms with Gasteiger partial charge in [-0.2, -0.15) is 0 Å². The number of amides is 1. The van der Waals surface area contributed by atoms with E-state index in [2.05, 4.69) is 27.6 Å². The van der Waals surface area contributed by atoms with Crippen molar-refractivity contribution in [3.63, 3.8) is 0 Å². The molecule has 1 saturated heterocycles. The molecule has 1 N–H and O–H groups in total. The number of carbonyl (C=O) groups is 2. The van der Waals surface area contributed by atoms with Gasteiger partial charge in [0.2, 0.25) is 0 Å². The van der Waals surface area contributed by atoms with Crippen molar-refractivity contribution in [3.8, 4) is 11.5 Å². The molecule has 2 aromatic carbocycles. The van der Waals surface area contributed by atoms with Crippen molar-refractivity contribution < 1.29 is 24.2 Å². The molecule has 3 rings (SSSR count). The van der Waals surface area contributed by atoms with Gasteiger partial charge in [0.05, 0.1) is 33.4 Å². The molecule has 0 aliphatic carbocycles. The van der Waals surface area contributed by atoms with Crippen molar-refractivity contribution in [2.75, 3.05) is 20.8 Å². The van der Waals surface area contributed by atoms with E-state index >= 15 is 0 Å². The quantitative estimate of drug-likeness (QED) is 0.427. The van der Waals surface area contributed by atoms with E-state index in [1.54, 1.807) is 32.4 Å². The van der Waals surface area contributed by atoms with Gasteiger partial charge in [0.25, 0.3) is 5.91 Å². The molecule has 0 spiro atoms. The number of aliphatic imine (C=N–C) groups is 1. The lowest BCUT2D eigenvalue weighted by molar-refractivity contribution is -0.121. The summed E-state index contributed by atoms with van der Waals surface area (Å²) in [4.78, 5) is 30.3. The van der Waals surface area contributed by atoms with E-state index in [-0.39, 0.29) is 11.5 Å². The fourth-order valence-corrected chi connectivity index (χ4v) is 4.59. The van der Waals surface area contributed by atoms with Gasteiger partial charge in [0.1, 0.15) is 0 Å². The van der Waals surface area contributed by atoms with Gasteiger partial charge in [0.15, 0.2) is 16.7 Å². The van der Waals surface area contributed by atoms with E-state index < -0.39 is 5.97 Å². The third kappa shape index (κ3) is 4.78. The van der Waals surface area contributed by atoms with Crippen molar-refractivity contribution in [2.45, 2.75) is 6.92 Å². The zero-order valence-electron chi connectivity index (χ0n) is 16.5. The molecule has 1 aliphatic heterocycles. The summed E-state index contributed by atoms with van der Waals surface area (Å²) >= 11 is 3.40. The standard InChI is InChI=1S/C21H19IN2O5S/c1-4-29-16-9-12(8-15(22)18(16)28-3)10-17-19(25)24(2)21(30-17)23-14-7-5-6-13(11-14)20(26)27/h5-11H,4H2,1-3H3,(H,26,27)/b17-10-,23-21?. The van der Waals surface area contributed by atoms with Gasteiger partial charge in [-0.1, -0.05) is 6.07 Å². The normalized spacial score (nSPS) is 16.4. The minimum absolute atomic E-state index is 0.140. The molecule has 1 fully saturated rings. The van der Waals surface area contributed by atoms with Crippen LogP contribution in [-0.2, 0) is 4.79 Å². The SMILES string of the molecule is CCOc1cc(/C=C2\SC(=Nc3cccc(C(=O)O)c3)N(C)C2=O)cc(I)c1OC. The molecular weight excluding hydrogens is 519 g/mol. The van der Waals surface area contributed by atoms with Gasteiger partial charge in [-0.05, 0) is 83.2 Å². The molecule has 1 heterocycles. The number of aromatic carboxylic acids is 1. The number of likely N-dealkylation sites (N-methyl/N-ethyl adjacent to an activating group) is 1. The Morgan fingerprint density at radius 3 is 2.77 bits per heavy atom. The van der Waals surface area contributed by atoms with Gasteiger partial charge in [0, 0.05) is 7.05 Å². The Hall–Kier alpha value is -2.53. The van der Waals surface area contributed by atoms with E-state index in [0.717, 1.165) is 9.13 Å². The Bertz CT molecular complexity index is 1070. The minimum Gasteiger partial charge on any atom is -0.492 e. The van der Waals surface area contributed by atoms with Crippen LogP contribution in [0.5, 0.6) is 11.5 Å². The number of halogens is 1. The Morgan fingerprint density at radius 2 is 2.10 bits per heavy atom. The first-order valence-corrected chi connectivity index (χ1v) is 10.8. The smallest absolute Gasteiger partial charge is 0.335 e. The molecule has 0 atom stereocenters. The van der Waals surface area contributed by atoms with Gasteiger partial charge in [-0.25, -0.2) is 9.79 Å². The summed E-state index contributed by atoms with van der Waals surface area (Å²) in [6.07, 6.45) is 1.78. The summed E-state index contributed by atoms with van der Waals surface area (Å²) in [5.41, 5.74) is 1.42.